The van der Waals surface area contributed by atoms with Crippen molar-refractivity contribution in [1.82, 2.24) is 5.32 Å². The third kappa shape index (κ3) is 4.66. The molecule has 0 aliphatic carbocycles. The third-order valence-corrected chi connectivity index (χ3v) is 3.81. The standard InChI is InChI=1S/C17H27N/c1-5-16(6-2)12-13-18-15(4)14(3)17-10-8-7-9-11-17/h7-12,14-15,18H,5-6,13H2,1-4H3. The van der Waals surface area contributed by atoms with Crippen molar-refractivity contribution in [2.45, 2.75) is 52.5 Å². The van der Waals surface area contributed by atoms with Crippen LogP contribution in [0.1, 0.15) is 52.0 Å². The molecule has 1 rings (SSSR count). The van der Waals surface area contributed by atoms with Gasteiger partial charge in [-0.15, -0.1) is 0 Å². The van der Waals surface area contributed by atoms with Crippen LogP contribution in [-0.4, -0.2) is 12.6 Å². The Balaban J connectivity index is 2.46. The molecule has 100 valence electrons. The first-order valence-electron chi connectivity index (χ1n) is 7.15. The fourth-order valence-corrected chi connectivity index (χ4v) is 2.15. The number of rotatable bonds is 7. The zero-order valence-corrected chi connectivity index (χ0v) is 12.2. The van der Waals surface area contributed by atoms with E-state index in [1.54, 1.807) is 5.57 Å². The maximum Gasteiger partial charge on any atom is 0.0140 e. The minimum atomic E-state index is 0.499. The Hall–Kier alpha value is -1.08. The van der Waals surface area contributed by atoms with Gasteiger partial charge in [-0.25, -0.2) is 0 Å². The normalized spacial score (nSPS) is 14.0. The van der Waals surface area contributed by atoms with Gasteiger partial charge in [0.15, 0.2) is 0 Å². The maximum atomic E-state index is 3.60. The van der Waals surface area contributed by atoms with Crippen LogP contribution in [0.4, 0.5) is 0 Å². The molecule has 1 heteroatoms. The number of allylic oxidation sites excluding steroid dienone is 1. The average molecular weight is 245 g/mol. The van der Waals surface area contributed by atoms with E-state index in [-0.39, 0.29) is 0 Å². The molecule has 0 radical (unpaired) electrons. The van der Waals surface area contributed by atoms with Crippen molar-refractivity contribution in [3.8, 4) is 0 Å². The summed E-state index contributed by atoms with van der Waals surface area (Å²) in [6.45, 7) is 9.99. The van der Waals surface area contributed by atoms with Gasteiger partial charge in [-0.2, -0.15) is 0 Å². The molecule has 0 saturated heterocycles. The third-order valence-electron chi connectivity index (χ3n) is 3.81. The molecule has 1 nitrogen and oxygen atoms in total. The number of hydrogen-bond donors (Lipinski definition) is 1. The molecule has 18 heavy (non-hydrogen) atoms. The largest absolute Gasteiger partial charge is 0.310 e. The fraction of sp³-hybridized carbons (Fsp3) is 0.529. The minimum Gasteiger partial charge on any atom is -0.310 e. The van der Waals surface area contributed by atoms with E-state index < -0.39 is 0 Å². The van der Waals surface area contributed by atoms with E-state index in [0.29, 0.717) is 12.0 Å². The quantitative estimate of drug-likeness (QED) is 0.697. The first-order valence-corrected chi connectivity index (χ1v) is 7.15. The van der Waals surface area contributed by atoms with Gasteiger partial charge in [0.05, 0.1) is 0 Å². The predicted octanol–water partition coefficient (Wildman–Crippen LogP) is 4.51. The highest BCUT2D eigenvalue weighted by molar-refractivity contribution is 5.20. The summed E-state index contributed by atoms with van der Waals surface area (Å²) in [5, 5.41) is 3.60. The van der Waals surface area contributed by atoms with Gasteiger partial charge in [-0.05, 0) is 31.2 Å². The molecule has 0 aliphatic rings. The predicted molar refractivity (Wildman–Crippen MR) is 81.0 cm³/mol. The van der Waals surface area contributed by atoms with Crippen molar-refractivity contribution >= 4 is 0 Å². The fourth-order valence-electron chi connectivity index (χ4n) is 2.15. The second kappa shape index (κ2) is 8.10. The number of benzene rings is 1. The number of hydrogen-bond acceptors (Lipinski definition) is 1. The zero-order chi connectivity index (χ0) is 13.4. The Labute approximate surface area is 112 Å². The molecule has 2 unspecified atom stereocenters. The van der Waals surface area contributed by atoms with E-state index in [0.717, 1.165) is 6.54 Å². The molecule has 1 aromatic carbocycles. The molecule has 0 heterocycles. The summed E-state index contributed by atoms with van der Waals surface area (Å²) < 4.78 is 0. The van der Waals surface area contributed by atoms with Crippen molar-refractivity contribution in [2.75, 3.05) is 6.54 Å². The lowest BCUT2D eigenvalue weighted by atomic mass is 9.94. The van der Waals surface area contributed by atoms with Crippen LogP contribution in [0.5, 0.6) is 0 Å². The lowest BCUT2D eigenvalue weighted by Gasteiger charge is -2.21. The van der Waals surface area contributed by atoms with Gasteiger partial charge in [0.25, 0.3) is 0 Å². The van der Waals surface area contributed by atoms with Crippen LogP contribution in [0.3, 0.4) is 0 Å². The zero-order valence-electron chi connectivity index (χ0n) is 12.2. The van der Waals surface area contributed by atoms with Gasteiger partial charge in [-0.1, -0.05) is 62.8 Å². The molecule has 0 bridgehead atoms. The molecular weight excluding hydrogens is 218 g/mol. The van der Waals surface area contributed by atoms with Crippen LogP contribution in [0.25, 0.3) is 0 Å². The molecule has 0 saturated carbocycles. The summed E-state index contributed by atoms with van der Waals surface area (Å²) >= 11 is 0. The van der Waals surface area contributed by atoms with E-state index in [4.69, 9.17) is 0 Å². The molecule has 0 spiro atoms. The van der Waals surface area contributed by atoms with Crippen LogP contribution in [0.15, 0.2) is 42.0 Å². The Bertz CT molecular complexity index is 347. The van der Waals surface area contributed by atoms with Crippen LogP contribution in [-0.2, 0) is 0 Å². The summed E-state index contributed by atoms with van der Waals surface area (Å²) in [5.74, 6) is 0.548. The molecule has 0 aliphatic heterocycles. The van der Waals surface area contributed by atoms with Crippen LogP contribution >= 0.6 is 0 Å². The first-order chi connectivity index (χ1) is 8.69. The van der Waals surface area contributed by atoms with Crippen LogP contribution < -0.4 is 5.32 Å². The molecule has 2 atom stereocenters. The van der Waals surface area contributed by atoms with Crippen LogP contribution in [0, 0.1) is 0 Å². The van der Waals surface area contributed by atoms with Crippen LogP contribution in [0.2, 0.25) is 0 Å². The lowest BCUT2D eigenvalue weighted by Crippen LogP contribution is -2.31. The van der Waals surface area contributed by atoms with E-state index >= 15 is 0 Å². The highest BCUT2D eigenvalue weighted by Crippen LogP contribution is 2.18. The lowest BCUT2D eigenvalue weighted by molar-refractivity contribution is 0.504. The molecule has 1 aromatic rings. The molecule has 0 amide bonds. The summed E-state index contributed by atoms with van der Waals surface area (Å²) in [5.41, 5.74) is 2.95. The van der Waals surface area contributed by atoms with Crippen molar-refractivity contribution in [1.29, 1.82) is 0 Å². The SMILES string of the molecule is CCC(=CCNC(C)C(C)c1ccccc1)CC. The van der Waals surface area contributed by atoms with Crippen molar-refractivity contribution in [2.24, 2.45) is 0 Å². The number of nitrogens with one attached hydrogen (secondary N) is 1. The van der Waals surface area contributed by atoms with E-state index in [1.165, 1.54) is 18.4 Å². The highest BCUT2D eigenvalue weighted by Gasteiger charge is 2.12. The highest BCUT2D eigenvalue weighted by atomic mass is 14.9. The van der Waals surface area contributed by atoms with Gasteiger partial charge in [0.2, 0.25) is 0 Å². The summed E-state index contributed by atoms with van der Waals surface area (Å²) in [7, 11) is 0. The second-order valence-corrected chi connectivity index (χ2v) is 4.97. The van der Waals surface area contributed by atoms with Crippen molar-refractivity contribution < 1.29 is 0 Å². The summed E-state index contributed by atoms with van der Waals surface area (Å²) in [6.07, 6.45) is 4.68. The van der Waals surface area contributed by atoms with Gasteiger partial charge in [0.1, 0.15) is 0 Å². The average Bonchev–Trinajstić information content (AvgIpc) is 2.43. The molecule has 1 N–H and O–H groups in total. The maximum absolute atomic E-state index is 3.60. The van der Waals surface area contributed by atoms with Gasteiger partial charge < -0.3 is 5.32 Å². The second-order valence-electron chi connectivity index (χ2n) is 4.97. The Morgan fingerprint density at radius 2 is 1.72 bits per heavy atom. The minimum absolute atomic E-state index is 0.499. The van der Waals surface area contributed by atoms with Crippen molar-refractivity contribution in [3.63, 3.8) is 0 Å². The Morgan fingerprint density at radius 3 is 2.28 bits per heavy atom. The monoisotopic (exact) mass is 245 g/mol. The smallest absolute Gasteiger partial charge is 0.0140 e. The van der Waals surface area contributed by atoms with Gasteiger partial charge >= 0.3 is 0 Å². The topological polar surface area (TPSA) is 12.0 Å². The summed E-state index contributed by atoms with van der Waals surface area (Å²) in [4.78, 5) is 0. The van der Waals surface area contributed by atoms with E-state index in [1.807, 2.05) is 0 Å². The van der Waals surface area contributed by atoms with Gasteiger partial charge in [-0.3, -0.25) is 0 Å². The van der Waals surface area contributed by atoms with Crippen molar-refractivity contribution in [3.05, 3.63) is 47.5 Å². The molecule has 0 fully saturated rings. The Morgan fingerprint density at radius 1 is 1.11 bits per heavy atom. The molecular formula is C17H27N. The molecule has 0 aromatic heterocycles. The van der Waals surface area contributed by atoms with E-state index in [2.05, 4.69) is 69.4 Å². The van der Waals surface area contributed by atoms with Gasteiger partial charge in [0, 0.05) is 12.6 Å². The first kappa shape index (κ1) is 15.0. The summed E-state index contributed by atoms with van der Waals surface area (Å²) in [6, 6.07) is 11.2. The Kier molecular flexibility index (Phi) is 6.74. The van der Waals surface area contributed by atoms with E-state index in [9.17, 15) is 0 Å².